The number of hydrogen-bond acceptors (Lipinski definition) is 3. The molecule has 0 aromatic carbocycles. The lowest BCUT2D eigenvalue weighted by molar-refractivity contribution is -0.146. The third-order valence-electron chi connectivity index (χ3n) is 4.35. The van der Waals surface area contributed by atoms with Crippen molar-refractivity contribution in [3.63, 3.8) is 0 Å². The molecule has 4 nitrogen and oxygen atoms in total. The summed E-state index contributed by atoms with van der Waals surface area (Å²) < 4.78 is 5.19. The SMILES string of the molecule is CCCCOC(=O)CCCN(C(=O)C(CC)CCCC)C(C)(C)C. The van der Waals surface area contributed by atoms with E-state index in [0.717, 1.165) is 38.5 Å². The van der Waals surface area contributed by atoms with Gasteiger partial charge in [0.1, 0.15) is 0 Å². The highest BCUT2D eigenvalue weighted by molar-refractivity contribution is 5.79. The Kier molecular flexibility index (Phi) is 11.8. The second-order valence-electron chi connectivity index (χ2n) is 7.59. The number of nitrogens with zero attached hydrogens (tertiary/aromatic N) is 1. The van der Waals surface area contributed by atoms with Crippen molar-refractivity contribution in [2.45, 2.75) is 98.4 Å². The first-order valence-electron chi connectivity index (χ1n) is 9.74. The maximum absolute atomic E-state index is 12.9. The Hall–Kier alpha value is -1.06. The average molecular weight is 342 g/mol. The van der Waals surface area contributed by atoms with E-state index in [1.54, 1.807) is 0 Å². The second kappa shape index (κ2) is 12.3. The summed E-state index contributed by atoms with van der Waals surface area (Å²) in [5.74, 6) is 0.182. The Morgan fingerprint density at radius 2 is 1.62 bits per heavy atom. The van der Waals surface area contributed by atoms with Crippen LogP contribution in [0.5, 0.6) is 0 Å². The minimum Gasteiger partial charge on any atom is -0.466 e. The summed E-state index contributed by atoms with van der Waals surface area (Å²) in [6.07, 6.45) is 7.02. The Labute approximate surface area is 149 Å². The van der Waals surface area contributed by atoms with Crippen LogP contribution in [0.1, 0.15) is 92.9 Å². The van der Waals surface area contributed by atoms with Gasteiger partial charge in [0.25, 0.3) is 0 Å². The molecule has 0 aliphatic rings. The van der Waals surface area contributed by atoms with Crippen LogP contribution in [0.2, 0.25) is 0 Å². The van der Waals surface area contributed by atoms with E-state index >= 15 is 0 Å². The van der Waals surface area contributed by atoms with Gasteiger partial charge in [0, 0.05) is 24.4 Å². The number of carbonyl (C=O) groups is 2. The van der Waals surface area contributed by atoms with Crippen LogP contribution in [-0.4, -0.2) is 35.5 Å². The predicted octanol–water partition coefficient (Wildman–Crippen LogP) is 4.95. The Morgan fingerprint density at radius 1 is 1.00 bits per heavy atom. The number of hydrogen-bond donors (Lipinski definition) is 0. The summed E-state index contributed by atoms with van der Waals surface area (Å²) in [4.78, 5) is 26.6. The van der Waals surface area contributed by atoms with E-state index < -0.39 is 0 Å². The summed E-state index contributed by atoms with van der Waals surface area (Å²) in [7, 11) is 0. The second-order valence-corrected chi connectivity index (χ2v) is 7.59. The molecule has 0 fully saturated rings. The van der Waals surface area contributed by atoms with Crippen molar-refractivity contribution in [2.75, 3.05) is 13.2 Å². The molecule has 0 spiro atoms. The lowest BCUT2D eigenvalue weighted by Crippen LogP contribution is -2.48. The quantitative estimate of drug-likeness (QED) is 0.372. The molecule has 0 N–H and O–H groups in total. The largest absolute Gasteiger partial charge is 0.466 e. The summed E-state index contributed by atoms with van der Waals surface area (Å²) >= 11 is 0. The fourth-order valence-corrected chi connectivity index (χ4v) is 2.73. The molecule has 1 atom stereocenters. The lowest BCUT2D eigenvalue weighted by Gasteiger charge is -2.38. The Morgan fingerprint density at radius 3 is 2.12 bits per heavy atom. The van der Waals surface area contributed by atoms with Gasteiger partial charge in [0.15, 0.2) is 0 Å². The summed E-state index contributed by atoms with van der Waals surface area (Å²) in [6, 6.07) is 0. The van der Waals surface area contributed by atoms with Crippen LogP contribution in [0.25, 0.3) is 0 Å². The molecule has 0 aliphatic carbocycles. The smallest absolute Gasteiger partial charge is 0.305 e. The minimum absolute atomic E-state index is 0.0979. The molecule has 0 saturated carbocycles. The highest BCUT2D eigenvalue weighted by atomic mass is 16.5. The standard InChI is InChI=1S/C20H39NO3/c1-7-10-13-17(9-3)19(23)21(20(4,5)6)15-12-14-18(22)24-16-11-8-2/h17H,7-16H2,1-6H3. The van der Waals surface area contributed by atoms with Crippen molar-refractivity contribution >= 4 is 11.9 Å². The fraction of sp³-hybridized carbons (Fsp3) is 0.900. The Bertz CT molecular complexity index is 360. The summed E-state index contributed by atoms with van der Waals surface area (Å²) in [5, 5.41) is 0. The summed E-state index contributed by atoms with van der Waals surface area (Å²) in [5.41, 5.74) is -0.219. The van der Waals surface area contributed by atoms with Crippen LogP contribution in [0.3, 0.4) is 0 Å². The van der Waals surface area contributed by atoms with E-state index in [1.165, 1.54) is 0 Å². The zero-order chi connectivity index (χ0) is 18.6. The lowest BCUT2D eigenvalue weighted by atomic mass is 9.94. The highest BCUT2D eigenvalue weighted by Crippen LogP contribution is 2.22. The van der Waals surface area contributed by atoms with E-state index in [9.17, 15) is 9.59 Å². The monoisotopic (exact) mass is 341 g/mol. The van der Waals surface area contributed by atoms with Crippen molar-refractivity contribution in [3.05, 3.63) is 0 Å². The summed E-state index contributed by atoms with van der Waals surface area (Å²) in [6.45, 7) is 13.6. The molecule has 1 amide bonds. The molecule has 142 valence electrons. The molecule has 0 radical (unpaired) electrons. The predicted molar refractivity (Wildman–Crippen MR) is 99.9 cm³/mol. The van der Waals surface area contributed by atoms with Crippen LogP contribution in [-0.2, 0) is 14.3 Å². The normalized spacial score (nSPS) is 12.8. The van der Waals surface area contributed by atoms with Gasteiger partial charge in [-0.2, -0.15) is 0 Å². The molecule has 0 saturated heterocycles. The molecule has 0 aliphatic heterocycles. The van der Waals surface area contributed by atoms with E-state index in [4.69, 9.17) is 4.74 Å². The molecule has 0 aromatic rings. The highest BCUT2D eigenvalue weighted by Gasteiger charge is 2.30. The van der Waals surface area contributed by atoms with Crippen molar-refractivity contribution in [1.29, 1.82) is 0 Å². The molecule has 24 heavy (non-hydrogen) atoms. The molecule has 0 rings (SSSR count). The minimum atomic E-state index is -0.219. The van der Waals surface area contributed by atoms with E-state index in [2.05, 4.69) is 41.5 Å². The molecule has 1 unspecified atom stereocenters. The number of carbonyl (C=O) groups excluding carboxylic acids is 2. The van der Waals surface area contributed by atoms with Gasteiger partial charge in [-0.1, -0.05) is 40.0 Å². The zero-order valence-corrected chi connectivity index (χ0v) is 16.8. The molecule has 4 heteroatoms. The van der Waals surface area contributed by atoms with Crippen LogP contribution in [0.15, 0.2) is 0 Å². The third-order valence-corrected chi connectivity index (χ3v) is 4.35. The first kappa shape index (κ1) is 22.9. The fourth-order valence-electron chi connectivity index (χ4n) is 2.73. The number of ether oxygens (including phenoxy) is 1. The van der Waals surface area contributed by atoms with Gasteiger partial charge in [-0.05, 0) is 46.5 Å². The van der Waals surface area contributed by atoms with Gasteiger partial charge in [-0.25, -0.2) is 0 Å². The number of rotatable bonds is 12. The van der Waals surface area contributed by atoms with Gasteiger partial charge >= 0.3 is 5.97 Å². The van der Waals surface area contributed by atoms with Crippen LogP contribution < -0.4 is 0 Å². The molecular formula is C20H39NO3. The van der Waals surface area contributed by atoms with E-state index in [1.807, 2.05) is 4.90 Å². The van der Waals surface area contributed by atoms with E-state index in [-0.39, 0.29) is 23.3 Å². The van der Waals surface area contributed by atoms with Crippen LogP contribution in [0.4, 0.5) is 0 Å². The first-order chi connectivity index (χ1) is 11.3. The van der Waals surface area contributed by atoms with Crippen molar-refractivity contribution < 1.29 is 14.3 Å². The number of unbranched alkanes of at least 4 members (excludes halogenated alkanes) is 2. The maximum atomic E-state index is 12.9. The van der Waals surface area contributed by atoms with Crippen molar-refractivity contribution in [3.8, 4) is 0 Å². The Balaban J connectivity index is 4.56. The van der Waals surface area contributed by atoms with Gasteiger partial charge in [0.2, 0.25) is 5.91 Å². The van der Waals surface area contributed by atoms with Crippen molar-refractivity contribution in [1.82, 2.24) is 4.90 Å². The third kappa shape index (κ3) is 9.29. The van der Waals surface area contributed by atoms with Gasteiger partial charge in [-0.15, -0.1) is 0 Å². The van der Waals surface area contributed by atoms with E-state index in [0.29, 0.717) is 26.0 Å². The van der Waals surface area contributed by atoms with Crippen LogP contribution in [0, 0.1) is 5.92 Å². The van der Waals surface area contributed by atoms with Gasteiger partial charge in [0.05, 0.1) is 6.61 Å². The average Bonchev–Trinajstić information content (AvgIpc) is 2.51. The van der Waals surface area contributed by atoms with Crippen molar-refractivity contribution in [2.24, 2.45) is 5.92 Å². The first-order valence-corrected chi connectivity index (χ1v) is 9.74. The zero-order valence-electron chi connectivity index (χ0n) is 16.8. The maximum Gasteiger partial charge on any atom is 0.305 e. The number of amides is 1. The topological polar surface area (TPSA) is 46.6 Å². The van der Waals surface area contributed by atoms with Crippen LogP contribution >= 0.6 is 0 Å². The molecule has 0 bridgehead atoms. The molecule has 0 heterocycles. The molecular weight excluding hydrogens is 302 g/mol. The van der Waals surface area contributed by atoms with Gasteiger partial charge in [-0.3, -0.25) is 9.59 Å². The van der Waals surface area contributed by atoms with Gasteiger partial charge < -0.3 is 9.64 Å². The number of esters is 1. The molecule has 0 aromatic heterocycles.